The van der Waals surface area contributed by atoms with E-state index in [1.165, 1.54) is 0 Å². The number of sulfone groups is 1. The number of ether oxygens (including phenoxy) is 1. The number of likely N-dealkylation sites (tertiary alicyclic amines) is 1. The van der Waals surface area contributed by atoms with Crippen LogP contribution in [0, 0.1) is 0 Å². The highest BCUT2D eigenvalue weighted by atomic mass is 127. The van der Waals surface area contributed by atoms with Crippen molar-refractivity contribution in [3.05, 3.63) is 59.3 Å². The second-order valence-electron chi connectivity index (χ2n) is 12.0. The summed E-state index contributed by atoms with van der Waals surface area (Å²) in [6.07, 6.45) is 3.50. The van der Waals surface area contributed by atoms with Crippen LogP contribution in [0.1, 0.15) is 62.0 Å². The van der Waals surface area contributed by atoms with E-state index in [4.69, 9.17) is 9.72 Å². The van der Waals surface area contributed by atoms with Crippen molar-refractivity contribution < 1.29 is 23.1 Å². The van der Waals surface area contributed by atoms with E-state index < -0.39 is 15.1 Å². The fraction of sp³-hybridized carbons (Fsp3) is 0.469. The summed E-state index contributed by atoms with van der Waals surface area (Å²) >= 11 is 2.22. The summed E-state index contributed by atoms with van der Waals surface area (Å²) in [5.74, 6) is 1.32. The number of carbonyl (C=O) groups is 1. The van der Waals surface area contributed by atoms with E-state index in [0.717, 1.165) is 37.1 Å². The normalized spacial score (nSPS) is 17.2. The number of β-amino-alcohol motifs (C(OH)–C–C–N with tert-alkyl or cyclic N) is 1. The van der Waals surface area contributed by atoms with Crippen molar-refractivity contribution in [2.45, 2.75) is 73.8 Å². The van der Waals surface area contributed by atoms with Crippen LogP contribution in [-0.2, 0) is 20.8 Å². The molecule has 0 aliphatic carbocycles. The van der Waals surface area contributed by atoms with Crippen LogP contribution in [0.2, 0.25) is 0 Å². The molecule has 5 rings (SSSR count). The van der Waals surface area contributed by atoms with Gasteiger partial charge in [0.2, 0.25) is 5.95 Å². The molecule has 0 radical (unpaired) electrons. The Labute approximate surface area is 278 Å². The highest BCUT2D eigenvalue weighted by molar-refractivity contribution is 14.1. The average molecular weight is 749 g/mol. The molecule has 45 heavy (non-hydrogen) atoms. The molecule has 242 valence electrons. The highest BCUT2D eigenvalue weighted by Gasteiger charge is 2.36. The molecule has 1 amide bonds. The molecule has 0 bridgehead atoms. The summed E-state index contributed by atoms with van der Waals surface area (Å²) in [5, 5.41) is 15.4. The van der Waals surface area contributed by atoms with Gasteiger partial charge in [-0.25, -0.2) is 13.4 Å². The van der Waals surface area contributed by atoms with E-state index in [-0.39, 0.29) is 35.5 Å². The van der Waals surface area contributed by atoms with Gasteiger partial charge in [-0.05, 0) is 76.9 Å². The van der Waals surface area contributed by atoms with E-state index in [1.54, 1.807) is 44.3 Å². The van der Waals surface area contributed by atoms with Crippen LogP contribution < -0.4 is 15.4 Å². The van der Waals surface area contributed by atoms with Gasteiger partial charge in [0, 0.05) is 47.4 Å². The Bertz CT molecular complexity index is 1650. The lowest BCUT2D eigenvalue weighted by Gasteiger charge is -2.37. The first-order valence-corrected chi connectivity index (χ1v) is 18.4. The number of hydrogen-bond acceptors (Lipinski definition) is 10. The van der Waals surface area contributed by atoms with Crippen LogP contribution in [0.5, 0.6) is 5.75 Å². The van der Waals surface area contributed by atoms with Crippen LogP contribution in [0.4, 0.5) is 23.1 Å². The molecule has 1 aromatic heterocycles. The molecule has 2 aliphatic heterocycles. The van der Waals surface area contributed by atoms with Crippen molar-refractivity contribution in [2.75, 3.05) is 36.9 Å². The van der Waals surface area contributed by atoms with Gasteiger partial charge >= 0.3 is 0 Å². The first-order chi connectivity index (χ1) is 21.5. The van der Waals surface area contributed by atoms with Gasteiger partial charge < -0.3 is 25.4 Å². The molecular formula is C32H41IN6O5S. The molecule has 1 fully saturated rings. The number of halogens is 1. The molecule has 1 atom stereocenters. The Balaban J connectivity index is 1.45. The fourth-order valence-electron chi connectivity index (χ4n) is 5.73. The third-order valence-electron chi connectivity index (χ3n) is 8.06. The van der Waals surface area contributed by atoms with E-state index in [0.29, 0.717) is 46.0 Å². The molecule has 3 N–H and O–H groups in total. The maximum atomic E-state index is 13.7. The number of alkyl halides is 1. The van der Waals surface area contributed by atoms with Crippen LogP contribution in [0.15, 0.2) is 47.5 Å². The number of anilines is 4. The van der Waals surface area contributed by atoms with Crippen molar-refractivity contribution >= 4 is 61.5 Å². The zero-order valence-corrected chi connectivity index (χ0v) is 29.1. The average Bonchev–Trinajstić information content (AvgIpc) is 3.32. The SMILES string of the molecule is CC(C)Oc1cc2c(cc1Nc1ncc(CI)c(Nc3ccccc3S(=O)(=O)C(C)C)n1)C(=O)N(C1CCCN(CCO)C1)C2. The summed E-state index contributed by atoms with van der Waals surface area (Å²) in [6, 6.07) is 10.6. The lowest BCUT2D eigenvalue weighted by atomic mass is 10.0. The number of aliphatic hydroxyl groups excluding tert-OH is 1. The molecule has 11 nitrogen and oxygen atoms in total. The molecule has 0 spiro atoms. The Morgan fingerprint density at radius 3 is 2.62 bits per heavy atom. The number of amides is 1. The number of aromatic nitrogens is 2. The molecule has 1 unspecified atom stereocenters. The zero-order chi connectivity index (χ0) is 32.3. The second-order valence-corrected chi connectivity index (χ2v) is 15.2. The molecule has 2 aliphatic rings. The van der Waals surface area contributed by atoms with E-state index in [1.807, 2.05) is 30.9 Å². The van der Waals surface area contributed by atoms with E-state index in [9.17, 15) is 18.3 Å². The number of carbonyl (C=O) groups excluding carboxylic acids is 1. The minimum Gasteiger partial charge on any atom is -0.489 e. The lowest BCUT2D eigenvalue weighted by molar-refractivity contribution is 0.0544. The Kier molecular flexibility index (Phi) is 10.5. The predicted molar refractivity (Wildman–Crippen MR) is 184 cm³/mol. The highest BCUT2D eigenvalue weighted by Crippen LogP contribution is 2.38. The topological polar surface area (TPSA) is 137 Å². The number of rotatable bonds is 12. The largest absolute Gasteiger partial charge is 0.489 e. The van der Waals surface area contributed by atoms with E-state index in [2.05, 4.69) is 43.1 Å². The third kappa shape index (κ3) is 7.36. The number of fused-ring (bicyclic) bond motifs is 1. The molecular weight excluding hydrogens is 707 g/mol. The summed E-state index contributed by atoms with van der Waals surface area (Å²) < 4.78 is 32.9. The second kappa shape index (κ2) is 14.2. The quantitative estimate of drug-likeness (QED) is 0.166. The monoisotopic (exact) mass is 748 g/mol. The van der Waals surface area contributed by atoms with Crippen LogP contribution in [0.3, 0.4) is 0 Å². The van der Waals surface area contributed by atoms with Gasteiger partial charge in [-0.3, -0.25) is 9.69 Å². The van der Waals surface area contributed by atoms with Crippen LogP contribution in [-0.4, -0.2) is 82.8 Å². The van der Waals surface area contributed by atoms with Gasteiger partial charge in [0.25, 0.3) is 5.91 Å². The molecule has 3 aromatic rings. The molecule has 3 heterocycles. The smallest absolute Gasteiger partial charge is 0.254 e. The lowest BCUT2D eigenvalue weighted by Crippen LogP contribution is -2.48. The summed E-state index contributed by atoms with van der Waals surface area (Å²) in [6.45, 7) is 10.1. The number of nitrogens with one attached hydrogen (secondary N) is 2. The van der Waals surface area contributed by atoms with Crippen molar-refractivity contribution in [3.8, 4) is 5.75 Å². The summed E-state index contributed by atoms with van der Waals surface area (Å²) in [5.41, 5.74) is 3.34. The number of hydrogen-bond donors (Lipinski definition) is 3. The minimum atomic E-state index is -3.54. The first-order valence-electron chi connectivity index (χ1n) is 15.3. The standard InChI is InChI=1S/C32H41IN6O5S/c1-20(2)44-28-14-22-18-39(24-8-7-11-38(19-24)12-13-40)31(41)25(22)15-27(28)36-32-34-17-23(16-33)30(37-32)35-26-9-5-6-10-29(26)45(42,43)21(3)4/h5-6,9-10,14-15,17,20-21,24,40H,7-8,11-13,16,18-19H2,1-4H3,(H2,34,35,36,37). The molecule has 2 aromatic carbocycles. The van der Waals surface area contributed by atoms with Crippen LogP contribution >= 0.6 is 22.6 Å². The van der Waals surface area contributed by atoms with Crippen molar-refractivity contribution in [1.82, 2.24) is 19.8 Å². The van der Waals surface area contributed by atoms with Gasteiger partial charge in [0.1, 0.15) is 11.6 Å². The summed E-state index contributed by atoms with van der Waals surface area (Å²) in [4.78, 5) is 27.3. The van der Waals surface area contributed by atoms with Gasteiger partial charge in [0.15, 0.2) is 9.84 Å². The van der Waals surface area contributed by atoms with Crippen molar-refractivity contribution in [3.63, 3.8) is 0 Å². The van der Waals surface area contributed by atoms with Crippen molar-refractivity contribution in [2.24, 2.45) is 0 Å². The maximum absolute atomic E-state index is 13.7. The predicted octanol–water partition coefficient (Wildman–Crippen LogP) is 5.28. The zero-order valence-electron chi connectivity index (χ0n) is 26.1. The third-order valence-corrected chi connectivity index (χ3v) is 11.1. The number of para-hydroxylation sites is 1. The summed E-state index contributed by atoms with van der Waals surface area (Å²) in [7, 11) is -3.54. The fourth-order valence-corrected chi connectivity index (χ4v) is 7.49. The maximum Gasteiger partial charge on any atom is 0.254 e. The van der Waals surface area contributed by atoms with Crippen molar-refractivity contribution in [1.29, 1.82) is 0 Å². The Morgan fingerprint density at radius 2 is 1.91 bits per heavy atom. The molecule has 0 saturated carbocycles. The van der Waals surface area contributed by atoms with Crippen LogP contribution in [0.25, 0.3) is 0 Å². The van der Waals surface area contributed by atoms with Gasteiger partial charge in [0.05, 0.1) is 34.2 Å². The van der Waals surface area contributed by atoms with E-state index >= 15 is 0 Å². The molecule has 13 heteroatoms. The first kappa shape index (κ1) is 33.4. The number of nitrogens with zero attached hydrogens (tertiary/aromatic N) is 4. The number of aliphatic hydroxyl groups is 1. The number of benzene rings is 2. The Hall–Kier alpha value is -3.01. The van der Waals surface area contributed by atoms with Gasteiger partial charge in [-0.2, -0.15) is 4.98 Å². The van der Waals surface area contributed by atoms with Gasteiger partial charge in [-0.15, -0.1) is 0 Å². The number of piperidine rings is 1. The molecule has 1 saturated heterocycles. The van der Waals surface area contributed by atoms with Gasteiger partial charge in [-0.1, -0.05) is 34.7 Å². The Morgan fingerprint density at radius 1 is 1.13 bits per heavy atom. The minimum absolute atomic E-state index is 0.0218.